The van der Waals surface area contributed by atoms with Gasteiger partial charge in [-0.15, -0.1) is 0 Å². The zero-order valence-electron chi connectivity index (χ0n) is 9.01. The van der Waals surface area contributed by atoms with Crippen molar-refractivity contribution in [2.45, 2.75) is 13.0 Å². The van der Waals surface area contributed by atoms with E-state index in [1.165, 1.54) is 11.1 Å². The van der Waals surface area contributed by atoms with Crippen molar-refractivity contribution in [2.24, 2.45) is 0 Å². The first-order valence-electron chi connectivity index (χ1n) is 5.02. The van der Waals surface area contributed by atoms with Gasteiger partial charge in [-0.05, 0) is 17.7 Å². The quantitative estimate of drug-likeness (QED) is 0.850. The van der Waals surface area contributed by atoms with Crippen LogP contribution in [0, 0.1) is 0 Å². The van der Waals surface area contributed by atoms with Gasteiger partial charge in [0.25, 0.3) is 0 Å². The number of hydrazine groups is 1. The summed E-state index contributed by atoms with van der Waals surface area (Å²) in [4.78, 5) is 0. The lowest BCUT2D eigenvalue weighted by atomic mass is 10.1. The molecule has 0 radical (unpaired) electrons. The number of fused-ring (bicyclic) bond motifs is 1. The van der Waals surface area contributed by atoms with Crippen LogP contribution in [0.5, 0.6) is 5.75 Å². The number of ether oxygens (including phenoxy) is 1. The average molecular weight is 271 g/mol. The molecule has 0 aliphatic carbocycles. The monoisotopic (exact) mass is 270 g/mol. The predicted octanol–water partition coefficient (Wildman–Crippen LogP) is 1.95. The highest BCUT2D eigenvalue weighted by Crippen LogP contribution is 2.32. The minimum absolute atomic E-state index is 0.800. The zero-order valence-corrected chi connectivity index (χ0v) is 10.6. The molecule has 1 aromatic carbocycles. The van der Waals surface area contributed by atoms with Gasteiger partial charge in [-0.3, -0.25) is 10.4 Å². The molecule has 0 fully saturated rings. The minimum atomic E-state index is 0.800. The van der Waals surface area contributed by atoms with E-state index in [4.69, 9.17) is 4.74 Å². The standard InChI is InChI=1S/C11H15BrN2O/c1-14(2)13-7-9-6-10(12)5-8-3-4-15-11(8)9/h5-6,13H,3-4,7H2,1-2H3. The van der Waals surface area contributed by atoms with Gasteiger partial charge in [-0.25, -0.2) is 0 Å². The van der Waals surface area contributed by atoms with Crippen molar-refractivity contribution in [3.8, 4) is 5.75 Å². The summed E-state index contributed by atoms with van der Waals surface area (Å²) in [5, 5.41) is 1.95. The number of nitrogens with one attached hydrogen (secondary N) is 1. The number of benzene rings is 1. The highest BCUT2D eigenvalue weighted by molar-refractivity contribution is 9.10. The molecule has 3 nitrogen and oxygen atoms in total. The smallest absolute Gasteiger partial charge is 0.127 e. The molecule has 1 aromatic rings. The van der Waals surface area contributed by atoms with Crippen molar-refractivity contribution in [3.05, 3.63) is 27.7 Å². The van der Waals surface area contributed by atoms with Gasteiger partial charge in [-0.2, -0.15) is 0 Å². The van der Waals surface area contributed by atoms with Crippen molar-refractivity contribution in [1.29, 1.82) is 0 Å². The molecule has 0 saturated carbocycles. The van der Waals surface area contributed by atoms with Crippen LogP contribution >= 0.6 is 15.9 Å². The molecule has 15 heavy (non-hydrogen) atoms. The molecule has 0 spiro atoms. The summed E-state index contributed by atoms with van der Waals surface area (Å²) in [5.41, 5.74) is 5.77. The number of hydrogen-bond donors (Lipinski definition) is 1. The second-order valence-corrected chi connectivity index (χ2v) is 4.80. The number of halogens is 1. The lowest BCUT2D eigenvalue weighted by Crippen LogP contribution is -2.29. The SMILES string of the molecule is CN(C)NCc1cc(Br)cc2c1OCC2. The molecule has 0 bridgehead atoms. The van der Waals surface area contributed by atoms with Crippen LogP contribution in [0.25, 0.3) is 0 Å². The fourth-order valence-corrected chi connectivity index (χ4v) is 2.27. The summed E-state index contributed by atoms with van der Waals surface area (Å²) in [5.74, 6) is 1.06. The summed E-state index contributed by atoms with van der Waals surface area (Å²) in [6.45, 7) is 1.61. The summed E-state index contributed by atoms with van der Waals surface area (Å²) in [7, 11) is 3.97. The summed E-state index contributed by atoms with van der Waals surface area (Å²) in [6, 6.07) is 4.25. The van der Waals surface area contributed by atoms with E-state index in [9.17, 15) is 0 Å². The first-order valence-corrected chi connectivity index (χ1v) is 5.81. The molecule has 1 N–H and O–H groups in total. The zero-order chi connectivity index (χ0) is 10.8. The largest absolute Gasteiger partial charge is 0.493 e. The van der Waals surface area contributed by atoms with Crippen molar-refractivity contribution < 1.29 is 4.74 Å². The topological polar surface area (TPSA) is 24.5 Å². The second-order valence-electron chi connectivity index (χ2n) is 3.88. The summed E-state index contributed by atoms with van der Waals surface area (Å²) < 4.78 is 6.76. The Morgan fingerprint density at radius 1 is 1.47 bits per heavy atom. The first-order chi connectivity index (χ1) is 7.16. The van der Waals surface area contributed by atoms with Gasteiger partial charge in [0.1, 0.15) is 5.75 Å². The minimum Gasteiger partial charge on any atom is -0.493 e. The van der Waals surface area contributed by atoms with Gasteiger partial charge in [-0.1, -0.05) is 15.9 Å². The molecule has 0 saturated heterocycles. The Kier molecular flexibility index (Phi) is 3.29. The van der Waals surface area contributed by atoms with Gasteiger partial charge in [0.05, 0.1) is 6.61 Å². The lowest BCUT2D eigenvalue weighted by Gasteiger charge is -2.14. The van der Waals surface area contributed by atoms with Crippen LogP contribution < -0.4 is 10.2 Å². The Morgan fingerprint density at radius 2 is 2.27 bits per heavy atom. The molecule has 0 unspecified atom stereocenters. The van der Waals surface area contributed by atoms with E-state index in [1.807, 2.05) is 19.1 Å². The third-order valence-electron chi connectivity index (χ3n) is 2.41. The molecule has 1 aliphatic rings. The average Bonchev–Trinajstić information content (AvgIpc) is 2.61. The van der Waals surface area contributed by atoms with Gasteiger partial charge in [0.15, 0.2) is 0 Å². The van der Waals surface area contributed by atoms with E-state index in [1.54, 1.807) is 0 Å². The van der Waals surface area contributed by atoms with Gasteiger partial charge in [0, 0.05) is 37.1 Å². The van der Waals surface area contributed by atoms with Crippen molar-refractivity contribution in [1.82, 2.24) is 10.4 Å². The molecule has 82 valence electrons. The van der Waals surface area contributed by atoms with Crippen molar-refractivity contribution >= 4 is 15.9 Å². The molecule has 1 heterocycles. The van der Waals surface area contributed by atoms with Gasteiger partial charge >= 0.3 is 0 Å². The highest BCUT2D eigenvalue weighted by Gasteiger charge is 2.17. The fraction of sp³-hybridized carbons (Fsp3) is 0.455. The Balaban J connectivity index is 2.22. The Morgan fingerprint density at radius 3 is 3.00 bits per heavy atom. The van der Waals surface area contributed by atoms with Gasteiger partial charge in [0.2, 0.25) is 0 Å². The second kappa shape index (κ2) is 4.51. The third-order valence-corrected chi connectivity index (χ3v) is 2.87. The van der Waals surface area contributed by atoms with Crippen molar-refractivity contribution in [3.63, 3.8) is 0 Å². The van der Waals surface area contributed by atoms with E-state index in [-0.39, 0.29) is 0 Å². The first kappa shape index (κ1) is 10.9. The van der Waals surface area contributed by atoms with Crippen LogP contribution in [0.15, 0.2) is 16.6 Å². The molecule has 4 heteroatoms. The Hall–Kier alpha value is -0.580. The van der Waals surface area contributed by atoms with Crippen molar-refractivity contribution in [2.75, 3.05) is 20.7 Å². The molecule has 0 amide bonds. The highest BCUT2D eigenvalue weighted by atomic mass is 79.9. The van der Waals surface area contributed by atoms with Crippen LogP contribution in [0.2, 0.25) is 0 Å². The lowest BCUT2D eigenvalue weighted by molar-refractivity contribution is 0.281. The molecule has 0 aromatic heterocycles. The van der Waals surface area contributed by atoms with Crippen LogP contribution in [-0.2, 0) is 13.0 Å². The fourth-order valence-electron chi connectivity index (χ4n) is 1.72. The molecule has 1 aliphatic heterocycles. The molecular weight excluding hydrogens is 256 g/mol. The number of rotatable bonds is 3. The van der Waals surface area contributed by atoms with Crippen LogP contribution in [0.3, 0.4) is 0 Å². The maximum Gasteiger partial charge on any atom is 0.127 e. The Labute approximate surface area is 98.5 Å². The van der Waals surface area contributed by atoms with E-state index >= 15 is 0 Å². The maximum atomic E-state index is 5.64. The number of nitrogens with zero attached hydrogens (tertiary/aromatic N) is 1. The molecule has 2 rings (SSSR count). The third kappa shape index (κ3) is 2.51. The van der Waals surface area contributed by atoms with Gasteiger partial charge < -0.3 is 4.74 Å². The van der Waals surface area contributed by atoms with E-state index in [0.717, 1.165) is 29.8 Å². The van der Waals surface area contributed by atoms with Crippen LogP contribution in [0.4, 0.5) is 0 Å². The normalized spacial score (nSPS) is 14.1. The van der Waals surface area contributed by atoms with E-state index in [0.29, 0.717) is 0 Å². The Bertz CT molecular complexity index is 366. The van der Waals surface area contributed by atoms with E-state index < -0.39 is 0 Å². The molecule has 0 atom stereocenters. The summed E-state index contributed by atoms with van der Waals surface area (Å²) in [6.07, 6.45) is 1.02. The maximum absolute atomic E-state index is 5.64. The van der Waals surface area contributed by atoms with E-state index in [2.05, 4.69) is 33.5 Å². The van der Waals surface area contributed by atoms with Crippen LogP contribution in [0.1, 0.15) is 11.1 Å². The molecular formula is C11H15BrN2O. The summed E-state index contributed by atoms with van der Waals surface area (Å²) >= 11 is 3.53. The predicted molar refractivity (Wildman–Crippen MR) is 63.9 cm³/mol. The number of hydrogen-bond acceptors (Lipinski definition) is 3. The van der Waals surface area contributed by atoms with Crippen LogP contribution in [-0.4, -0.2) is 25.7 Å².